The number of ether oxygens (including phenoxy) is 2. The molecule has 0 saturated heterocycles. The Morgan fingerprint density at radius 1 is 1.19 bits per heavy atom. The predicted molar refractivity (Wildman–Crippen MR) is 79.8 cm³/mol. The number of benzene rings is 2. The number of hydrogen-bond donors (Lipinski definition) is 2. The van der Waals surface area contributed by atoms with Crippen molar-refractivity contribution in [2.75, 3.05) is 12.8 Å². The number of Topliss-reactive ketones (excluding diaryl/α,β-unsaturated/α-hetero) is 1. The number of nitrogens with two attached hydrogens (primary N) is 1. The number of rotatable bonds is 5. The van der Waals surface area contributed by atoms with Crippen LogP contribution >= 0.6 is 0 Å². The minimum atomic E-state index is -0.124. The standard InChI is InChI=1S/C16H17NO4/c1-10(19)13-8-12(4-5-14(13)17)21-15-6-3-11(9-18)7-16(15)20-2/h3-8,18H,9,17H2,1-2H3. The van der Waals surface area contributed by atoms with Crippen molar-refractivity contribution in [2.24, 2.45) is 0 Å². The molecule has 0 aliphatic heterocycles. The first kappa shape index (κ1) is 14.9. The van der Waals surface area contributed by atoms with Crippen LogP contribution in [0.1, 0.15) is 22.8 Å². The van der Waals surface area contributed by atoms with E-state index in [1.807, 2.05) is 0 Å². The third kappa shape index (κ3) is 3.32. The van der Waals surface area contributed by atoms with Crippen LogP contribution in [0.4, 0.5) is 5.69 Å². The predicted octanol–water partition coefficient (Wildman–Crippen LogP) is 2.76. The molecule has 0 aromatic heterocycles. The smallest absolute Gasteiger partial charge is 0.169 e. The van der Waals surface area contributed by atoms with Gasteiger partial charge in [0.2, 0.25) is 0 Å². The normalized spacial score (nSPS) is 10.2. The third-order valence-electron chi connectivity index (χ3n) is 3.04. The van der Waals surface area contributed by atoms with Gasteiger partial charge in [-0.15, -0.1) is 0 Å². The molecule has 2 aromatic rings. The lowest BCUT2D eigenvalue weighted by molar-refractivity contribution is 0.101. The fourth-order valence-corrected chi connectivity index (χ4v) is 1.93. The maximum absolute atomic E-state index is 11.5. The molecule has 0 radical (unpaired) electrons. The van der Waals surface area contributed by atoms with Gasteiger partial charge in [-0.1, -0.05) is 6.07 Å². The maximum atomic E-state index is 11.5. The third-order valence-corrected chi connectivity index (χ3v) is 3.04. The summed E-state index contributed by atoms with van der Waals surface area (Å²) in [6.45, 7) is 1.37. The molecular weight excluding hydrogens is 270 g/mol. The molecule has 0 unspecified atom stereocenters. The fraction of sp³-hybridized carbons (Fsp3) is 0.188. The van der Waals surface area contributed by atoms with Crippen molar-refractivity contribution in [1.29, 1.82) is 0 Å². The Kier molecular flexibility index (Phi) is 4.45. The lowest BCUT2D eigenvalue weighted by atomic mass is 10.1. The van der Waals surface area contributed by atoms with E-state index < -0.39 is 0 Å². The van der Waals surface area contributed by atoms with Gasteiger partial charge < -0.3 is 20.3 Å². The van der Waals surface area contributed by atoms with E-state index in [2.05, 4.69) is 0 Å². The summed E-state index contributed by atoms with van der Waals surface area (Å²) in [4.78, 5) is 11.5. The summed E-state index contributed by atoms with van der Waals surface area (Å²) in [7, 11) is 1.52. The fourth-order valence-electron chi connectivity index (χ4n) is 1.93. The van der Waals surface area contributed by atoms with Crippen molar-refractivity contribution in [3.05, 3.63) is 47.5 Å². The molecule has 0 aliphatic rings. The highest BCUT2D eigenvalue weighted by Gasteiger charge is 2.10. The number of aliphatic hydroxyl groups is 1. The van der Waals surface area contributed by atoms with E-state index in [-0.39, 0.29) is 12.4 Å². The van der Waals surface area contributed by atoms with E-state index in [0.717, 1.165) is 5.56 Å². The zero-order valence-electron chi connectivity index (χ0n) is 11.9. The number of hydrogen-bond acceptors (Lipinski definition) is 5. The van der Waals surface area contributed by atoms with Crippen molar-refractivity contribution in [1.82, 2.24) is 0 Å². The topological polar surface area (TPSA) is 81.8 Å². The van der Waals surface area contributed by atoms with Gasteiger partial charge in [0.05, 0.1) is 13.7 Å². The molecular formula is C16H17NO4. The summed E-state index contributed by atoms with van der Waals surface area (Å²) < 4.78 is 11.0. The zero-order chi connectivity index (χ0) is 15.4. The van der Waals surface area contributed by atoms with E-state index in [0.29, 0.717) is 28.5 Å². The highest BCUT2D eigenvalue weighted by atomic mass is 16.5. The summed E-state index contributed by atoms with van der Waals surface area (Å²) in [6.07, 6.45) is 0. The molecule has 5 heteroatoms. The first-order valence-electron chi connectivity index (χ1n) is 6.41. The monoisotopic (exact) mass is 287 g/mol. The van der Waals surface area contributed by atoms with Gasteiger partial charge in [0.15, 0.2) is 17.3 Å². The average Bonchev–Trinajstić information content (AvgIpc) is 2.49. The second-order valence-corrected chi connectivity index (χ2v) is 4.55. The largest absolute Gasteiger partial charge is 0.493 e. The SMILES string of the molecule is COc1cc(CO)ccc1Oc1ccc(N)c(C(C)=O)c1. The molecule has 2 aromatic carbocycles. The Balaban J connectivity index is 2.34. The number of carbonyl (C=O) groups is 1. The van der Waals surface area contributed by atoms with E-state index in [1.165, 1.54) is 14.0 Å². The lowest BCUT2D eigenvalue weighted by Gasteiger charge is -2.12. The van der Waals surface area contributed by atoms with Crippen LogP contribution in [0.25, 0.3) is 0 Å². The van der Waals surface area contributed by atoms with Crippen LogP contribution in [0.5, 0.6) is 17.2 Å². The Labute approximate surface area is 122 Å². The van der Waals surface area contributed by atoms with E-state index in [4.69, 9.17) is 20.3 Å². The summed E-state index contributed by atoms with van der Waals surface area (Å²) in [6, 6.07) is 10.0. The molecule has 5 nitrogen and oxygen atoms in total. The van der Waals surface area contributed by atoms with Gasteiger partial charge in [0.1, 0.15) is 5.75 Å². The van der Waals surface area contributed by atoms with Crippen LogP contribution in [0.2, 0.25) is 0 Å². The van der Waals surface area contributed by atoms with Gasteiger partial charge >= 0.3 is 0 Å². The Bertz CT molecular complexity index is 667. The number of methoxy groups -OCH3 is 1. The van der Waals surface area contributed by atoms with Crippen molar-refractivity contribution in [3.8, 4) is 17.2 Å². The molecule has 0 heterocycles. The first-order chi connectivity index (χ1) is 10.0. The van der Waals surface area contributed by atoms with Gasteiger partial charge in [-0.3, -0.25) is 4.79 Å². The number of nitrogen functional groups attached to an aromatic ring is 1. The van der Waals surface area contributed by atoms with Crippen molar-refractivity contribution in [2.45, 2.75) is 13.5 Å². The van der Waals surface area contributed by atoms with Gasteiger partial charge in [0, 0.05) is 11.3 Å². The molecule has 0 saturated carbocycles. The Morgan fingerprint density at radius 3 is 2.57 bits per heavy atom. The molecule has 2 rings (SSSR count). The van der Waals surface area contributed by atoms with Crippen LogP contribution in [-0.4, -0.2) is 18.0 Å². The number of carbonyl (C=O) groups excluding carboxylic acids is 1. The average molecular weight is 287 g/mol. The van der Waals surface area contributed by atoms with Gasteiger partial charge in [-0.2, -0.15) is 0 Å². The molecule has 0 atom stereocenters. The number of ketones is 1. The summed E-state index contributed by atoms with van der Waals surface area (Å²) in [5.41, 5.74) is 7.30. The lowest BCUT2D eigenvalue weighted by Crippen LogP contribution is -2.00. The minimum Gasteiger partial charge on any atom is -0.493 e. The second kappa shape index (κ2) is 6.28. The first-order valence-corrected chi connectivity index (χ1v) is 6.41. The van der Waals surface area contributed by atoms with Crippen LogP contribution in [-0.2, 0) is 6.61 Å². The quantitative estimate of drug-likeness (QED) is 0.652. The van der Waals surface area contributed by atoms with Crippen LogP contribution < -0.4 is 15.2 Å². The summed E-state index contributed by atoms with van der Waals surface area (Å²) >= 11 is 0. The molecule has 21 heavy (non-hydrogen) atoms. The van der Waals surface area contributed by atoms with E-state index >= 15 is 0 Å². The molecule has 3 N–H and O–H groups in total. The number of aliphatic hydroxyl groups excluding tert-OH is 1. The molecule has 0 aliphatic carbocycles. The molecule has 0 bridgehead atoms. The molecule has 0 amide bonds. The molecule has 0 spiro atoms. The Hall–Kier alpha value is -2.53. The van der Waals surface area contributed by atoms with Crippen LogP contribution in [0, 0.1) is 0 Å². The van der Waals surface area contributed by atoms with E-state index in [1.54, 1.807) is 36.4 Å². The van der Waals surface area contributed by atoms with Crippen molar-refractivity contribution < 1.29 is 19.4 Å². The van der Waals surface area contributed by atoms with Crippen LogP contribution in [0.3, 0.4) is 0 Å². The Morgan fingerprint density at radius 2 is 1.95 bits per heavy atom. The van der Waals surface area contributed by atoms with Crippen molar-refractivity contribution in [3.63, 3.8) is 0 Å². The zero-order valence-corrected chi connectivity index (χ0v) is 11.9. The second-order valence-electron chi connectivity index (χ2n) is 4.55. The molecule has 110 valence electrons. The highest BCUT2D eigenvalue weighted by molar-refractivity contribution is 5.99. The minimum absolute atomic E-state index is 0.0764. The summed E-state index contributed by atoms with van der Waals surface area (Å²) in [5.74, 6) is 1.36. The summed E-state index contributed by atoms with van der Waals surface area (Å²) in [5, 5.41) is 9.12. The van der Waals surface area contributed by atoms with Crippen LogP contribution in [0.15, 0.2) is 36.4 Å². The highest BCUT2D eigenvalue weighted by Crippen LogP contribution is 2.33. The maximum Gasteiger partial charge on any atom is 0.169 e. The number of anilines is 1. The molecule has 0 fully saturated rings. The van der Waals surface area contributed by atoms with Gasteiger partial charge in [0.25, 0.3) is 0 Å². The van der Waals surface area contributed by atoms with Crippen molar-refractivity contribution >= 4 is 11.5 Å². The van der Waals surface area contributed by atoms with Gasteiger partial charge in [-0.25, -0.2) is 0 Å². The van der Waals surface area contributed by atoms with E-state index in [9.17, 15) is 4.79 Å². The van der Waals surface area contributed by atoms with Gasteiger partial charge in [-0.05, 0) is 42.8 Å².